The number of hydrogen-bond donors (Lipinski definition) is 1. The van der Waals surface area contributed by atoms with Gasteiger partial charge in [-0.15, -0.1) is 0 Å². The van der Waals surface area contributed by atoms with Crippen LogP contribution in [-0.4, -0.2) is 52.3 Å². The summed E-state index contributed by atoms with van der Waals surface area (Å²) in [7, 11) is 0. The predicted octanol–water partition coefficient (Wildman–Crippen LogP) is 0.675. The number of benzene rings is 1. The van der Waals surface area contributed by atoms with Crippen LogP contribution in [0.3, 0.4) is 0 Å². The second kappa shape index (κ2) is 7.49. The fourth-order valence-electron chi connectivity index (χ4n) is 3.00. The van der Waals surface area contributed by atoms with E-state index in [4.69, 9.17) is 4.74 Å². The van der Waals surface area contributed by atoms with Crippen molar-refractivity contribution in [3.8, 4) is 5.75 Å². The number of nitrogens with zero attached hydrogens (tertiary/aromatic N) is 5. The minimum atomic E-state index is -0.0811. The fraction of sp³-hybridized carbons (Fsp3) is 0.333. The molecule has 3 heterocycles. The van der Waals surface area contributed by atoms with Crippen LogP contribution in [0, 0.1) is 0 Å². The van der Waals surface area contributed by atoms with Gasteiger partial charge in [0.2, 0.25) is 0 Å². The van der Waals surface area contributed by atoms with E-state index in [-0.39, 0.29) is 5.56 Å². The maximum atomic E-state index is 12.6. The molecule has 134 valence electrons. The van der Waals surface area contributed by atoms with E-state index >= 15 is 0 Å². The molecule has 0 atom stereocenters. The van der Waals surface area contributed by atoms with Crippen LogP contribution in [0.2, 0.25) is 0 Å². The van der Waals surface area contributed by atoms with Gasteiger partial charge in [-0.05, 0) is 12.1 Å². The van der Waals surface area contributed by atoms with E-state index in [1.54, 1.807) is 29.4 Å². The Kier molecular flexibility index (Phi) is 4.74. The van der Waals surface area contributed by atoms with Crippen molar-refractivity contribution < 1.29 is 4.74 Å². The van der Waals surface area contributed by atoms with Crippen LogP contribution in [0.1, 0.15) is 0 Å². The van der Waals surface area contributed by atoms with E-state index in [1.807, 2.05) is 23.1 Å². The lowest BCUT2D eigenvalue weighted by Gasteiger charge is -2.27. The highest BCUT2D eigenvalue weighted by atomic mass is 16.5. The van der Waals surface area contributed by atoms with Gasteiger partial charge in [-0.3, -0.25) is 14.8 Å². The highest BCUT2D eigenvalue weighted by molar-refractivity contribution is 5.75. The van der Waals surface area contributed by atoms with Crippen LogP contribution in [0.5, 0.6) is 5.75 Å². The van der Waals surface area contributed by atoms with E-state index in [0.29, 0.717) is 24.7 Å². The van der Waals surface area contributed by atoms with Crippen LogP contribution in [0.4, 0.5) is 5.82 Å². The zero-order valence-corrected chi connectivity index (χ0v) is 14.3. The first-order valence-electron chi connectivity index (χ1n) is 8.66. The Bertz CT molecular complexity index is 952. The summed E-state index contributed by atoms with van der Waals surface area (Å²) < 4.78 is 7.43. The van der Waals surface area contributed by atoms with E-state index < -0.39 is 0 Å². The van der Waals surface area contributed by atoms with Crippen LogP contribution < -0.4 is 20.5 Å². The molecule has 0 radical (unpaired) electrons. The maximum Gasteiger partial charge on any atom is 0.293 e. The Labute approximate surface area is 150 Å². The first-order chi connectivity index (χ1) is 12.8. The molecule has 4 rings (SSSR count). The third-order valence-corrected chi connectivity index (χ3v) is 4.35. The standard InChI is InChI=1S/C18H20N6O2/c25-18-17(23-8-5-19-6-9-23)22-7-10-24(18)11-12-26-14-1-2-15-16(13-14)21-4-3-20-15/h1-4,7,10,13,19H,5-6,8-9,11-12H2. The van der Waals surface area contributed by atoms with Gasteiger partial charge >= 0.3 is 0 Å². The molecule has 1 fully saturated rings. The minimum absolute atomic E-state index is 0.0811. The fourth-order valence-corrected chi connectivity index (χ4v) is 3.00. The summed E-state index contributed by atoms with van der Waals surface area (Å²) in [5, 5.41) is 3.28. The molecule has 0 bridgehead atoms. The van der Waals surface area contributed by atoms with Gasteiger partial charge in [0.15, 0.2) is 5.82 Å². The smallest absolute Gasteiger partial charge is 0.293 e. The number of fused-ring (bicyclic) bond motifs is 1. The normalized spacial score (nSPS) is 14.5. The van der Waals surface area contributed by atoms with Gasteiger partial charge in [-0.1, -0.05) is 0 Å². The lowest BCUT2D eigenvalue weighted by molar-refractivity contribution is 0.296. The first-order valence-corrected chi connectivity index (χ1v) is 8.66. The van der Waals surface area contributed by atoms with Gasteiger partial charge in [0.1, 0.15) is 12.4 Å². The lowest BCUT2D eigenvalue weighted by Crippen LogP contribution is -2.46. The molecule has 8 heteroatoms. The van der Waals surface area contributed by atoms with E-state index in [9.17, 15) is 4.79 Å². The van der Waals surface area contributed by atoms with Gasteiger partial charge in [0.05, 0.1) is 17.6 Å². The van der Waals surface area contributed by atoms with Crippen molar-refractivity contribution in [2.45, 2.75) is 6.54 Å². The van der Waals surface area contributed by atoms with Crippen molar-refractivity contribution in [3.63, 3.8) is 0 Å². The van der Waals surface area contributed by atoms with Crippen LogP contribution in [-0.2, 0) is 6.54 Å². The number of nitrogens with one attached hydrogen (secondary N) is 1. The summed E-state index contributed by atoms with van der Waals surface area (Å²) in [5.74, 6) is 1.22. The average molecular weight is 352 g/mol. The van der Waals surface area contributed by atoms with Crippen molar-refractivity contribution in [3.05, 3.63) is 53.3 Å². The Morgan fingerprint density at radius 1 is 1.04 bits per heavy atom. The number of rotatable bonds is 5. The Balaban J connectivity index is 1.43. The highest BCUT2D eigenvalue weighted by Crippen LogP contribution is 2.17. The maximum absolute atomic E-state index is 12.6. The van der Waals surface area contributed by atoms with Crippen molar-refractivity contribution in [2.75, 3.05) is 37.7 Å². The first kappa shape index (κ1) is 16.5. The molecule has 0 saturated carbocycles. The van der Waals surface area contributed by atoms with Crippen molar-refractivity contribution in [1.29, 1.82) is 0 Å². The van der Waals surface area contributed by atoms with Crippen LogP contribution >= 0.6 is 0 Å². The highest BCUT2D eigenvalue weighted by Gasteiger charge is 2.16. The van der Waals surface area contributed by atoms with E-state index in [1.165, 1.54) is 0 Å². The second-order valence-electron chi connectivity index (χ2n) is 6.04. The topological polar surface area (TPSA) is 85.2 Å². The number of hydrogen-bond acceptors (Lipinski definition) is 7. The quantitative estimate of drug-likeness (QED) is 0.722. The average Bonchev–Trinajstić information content (AvgIpc) is 2.70. The van der Waals surface area contributed by atoms with E-state index in [2.05, 4.69) is 20.3 Å². The summed E-state index contributed by atoms with van der Waals surface area (Å²) in [6, 6.07) is 5.58. The number of piperazine rings is 1. The molecule has 1 aliphatic rings. The molecule has 1 saturated heterocycles. The van der Waals surface area contributed by atoms with Gasteiger partial charge in [-0.25, -0.2) is 4.98 Å². The van der Waals surface area contributed by atoms with Crippen molar-refractivity contribution in [1.82, 2.24) is 24.8 Å². The monoisotopic (exact) mass is 352 g/mol. The number of anilines is 1. The summed E-state index contributed by atoms with van der Waals surface area (Å²) in [5.41, 5.74) is 1.53. The zero-order valence-electron chi connectivity index (χ0n) is 14.3. The molecule has 0 spiro atoms. The summed E-state index contributed by atoms with van der Waals surface area (Å²) >= 11 is 0. The molecule has 1 aliphatic heterocycles. The minimum Gasteiger partial charge on any atom is -0.492 e. The second-order valence-corrected chi connectivity index (χ2v) is 6.04. The molecule has 1 N–H and O–H groups in total. The molecule has 0 amide bonds. The Hall–Kier alpha value is -3.00. The van der Waals surface area contributed by atoms with Crippen molar-refractivity contribution in [2.24, 2.45) is 0 Å². The third kappa shape index (κ3) is 3.50. The molecule has 26 heavy (non-hydrogen) atoms. The predicted molar refractivity (Wildman–Crippen MR) is 98.6 cm³/mol. The van der Waals surface area contributed by atoms with Gasteiger partial charge < -0.3 is 19.5 Å². The zero-order chi connectivity index (χ0) is 17.8. The lowest BCUT2D eigenvalue weighted by atomic mass is 10.3. The van der Waals surface area contributed by atoms with Gasteiger partial charge in [0.25, 0.3) is 5.56 Å². The van der Waals surface area contributed by atoms with Crippen LogP contribution in [0.25, 0.3) is 11.0 Å². The molecule has 0 unspecified atom stereocenters. The molecule has 8 nitrogen and oxygen atoms in total. The summed E-state index contributed by atoms with van der Waals surface area (Å²) in [6.45, 7) is 4.16. The van der Waals surface area contributed by atoms with Gasteiger partial charge in [-0.2, -0.15) is 0 Å². The SMILES string of the molecule is O=c1c(N2CCNCC2)nccn1CCOc1ccc2nccnc2c1. The van der Waals surface area contributed by atoms with Gasteiger partial charge in [0, 0.05) is 57.0 Å². The number of ether oxygens (including phenoxy) is 1. The third-order valence-electron chi connectivity index (χ3n) is 4.35. The molecule has 0 aliphatic carbocycles. The van der Waals surface area contributed by atoms with Crippen molar-refractivity contribution >= 4 is 16.9 Å². The number of aromatic nitrogens is 4. The Morgan fingerprint density at radius 2 is 1.85 bits per heavy atom. The molecule has 1 aromatic carbocycles. The molecule has 2 aromatic heterocycles. The summed E-state index contributed by atoms with van der Waals surface area (Å²) in [4.78, 5) is 27.5. The van der Waals surface area contributed by atoms with E-state index in [0.717, 1.165) is 37.2 Å². The molecular formula is C18H20N6O2. The van der Waals surface area contributed by atoms with Crippen LogP contribution in [0.15, 0.2) is 47.8 Å². The Morgan fingerprint density at radius 3 is 2.69 bits per heavy atom. The largest absolute Gasteiger partial charge is 0.492 e. The molecular weight excluding hydrogens is 332 g/mol. The molecule has 3 aromatic rings. The summed E-state index contributed by atoms with van der Waals surface area (Å²) in [6.07, 6.45) is 6.68.